The maximum Gasteiger partial charge on any atom is 0.257 e. The van der Waals surface area contributed by atoms with Crippen molar-refractivity contribution in [2.75, 3.05) is 7.11 Å². The van der Waals surface area contributed by atoms with Gasteiger partial charge in [-0.2, -0.15) is 0 Å². The highest BCUT2D eigenvalue weighted by Gasteiger charge is 2.17. The van der Waals surface area contributed by atoms with E-state index < -0.39 is 6.10 Å². The van der Waals surface area contributed by atoms with Gasteiger partial charge in [-0.25, -0.2) is 0 Å². The summed E-state index contributed by atoms with van der Waals surface area (Å²) in [6.07, 6.45) is -0.401. The predicted molar refractivity (Wildman–Crippen MR) is 94.5 cm³/mol. The molecular formula is C17H14BrClN2O3. The minimum absolute atomic E-state index is 0.391. The lowest BCUT2D eigenvalue weighted by atomic mass is 10.2. The highest BCUT2D eigenvalue weighted by Crippen LogP contribution is 2.32. The summed E-state index contributed by atoms with van der Waals surface area (Å²) in [5.41, 5.74) is 0.814. The first kappa shape index (κ1) is 16.8. The molecule has 1 atom stereocenters. The normalized spacial score (nSPS) is 12.0. The SMILES string of the molecule is COc1ccc(-c2nnc([C@H](C)Oc3ccc(Cl)cc3Br)o2)cc1. The van der Waals surface area contributed by atoms with Crippen molar-refractivity contribution in [3.63, 3.8) is 0 Å². The summed E-state index contributed by atoms with van der Waals surface area (Å²) < 4.78 is 17.5. The molecule has 0 fully saturated rings. The average Bonchev–Trinajstić information content (AvgIpc) is 3.07. The van der Waals surface area contributed by atoms with Gasteiger partial charge in [0.15, 0.2) is 6.10 Å². The minimum atomic E-state index is -0.401. The second-order valence-corrected chi connectivity index (χ2v) is 6.30. The topological polar surface area (TPSA) is 57.4 Å². The quantitative estimate of drug-likeness (QED) is 0.572. The van der Waals surface area contributed by atoms with Gasteiger partial charge in [0.05, 0.1) is 11.6 Å². The van der Waals surface area contributed by atoms with E-state index in [0.29, 0.717) is 22.6 Å². The number of nitrogens with zero attached hydrogens (tertiary/aromatic N) is 2. The van der Waals surface area contributed by atoms with Crippen molar-refractivity contribution < 1.29 is 13.9 Å². The van der Waals surface area contributed by atoms with E-state index in [4.69, 9.17) is 25.5 Å². The number of benzene rings is 2. The third-order valence-electron chi connectivity index (χ3n) is 3.32. The minimum Gasteiger partial charge on any atom is -0.497 e. The lowest BCUT2D eigenvalue weighted by Gasteiger charge is -2.12. The first-order valence-electron chi connectivity index (χ1n) is 7.16. The lowest BCUT2D eigenvalue weighted by molar-refractivity contribution is 0.188. The van der Waals surface area contributed by atoms with E-state index in [2.05, 4.69) is 26.1 Å². The van der Waals surface area contributed by atoms with Crippen molar-refractivity contribution in [2.24, 2.45) is 0 Å². The Bertz CT molecular complexity index is 836. The van der Waals surface area contributed by atoms with Crippen molar-refractivity contribution in [3.8, 4) is 23.0 Å². The number of hydrogen-bond acceptors (Lipinski definition) is 5. The molecule has 7 heteroatoms. The van der Waals surface area contributed by atoms with Crippen LogP contribution in [0, 0.1) is 0 Å². The van der Waals surface area contributed by atoms with Crippen molar-refractivity contribution >= 4 is 27.5 Å². The van der Waals surface area contributed by atoms with Gasteiger partial charge >= 0.3 is 0 Å². The van der Waals surface area contributed by atoms with Gasteiger partial charge in [-0.3, -0.25) is 0 Å². The van der Waals surface area contributed by atoms with Crippen molar-refractivity contribution in [1.82, 2.24) is 10.2 Å². The molecule has 0 bridgehead atoms. The molecule has 3 aromatic rings. The van der Waals surface area contributed by atoms with Crippen molar-refractivity contribution in [1.29, 1.82) is 0 Å². The maximum atomic E-state index is 5.93. The molecule has 0 N–H and O–H groups in total. The Balaban J connectivity index is 1.76. The van der Waals surface area contributed by atoms with Gasteiger partial charge in [0.2, 0.25) is 5.89 Å². The van der Waals surface area contributed by atoms with E-state index in [1.165, 1.54) is 0 Å². The number of aromatic nitrogens is 2. The molecule has 3 rings (SSSR count). The molecule has 2 aromatic carbocycles. The molecule has 0 amide bonds. The standard InChI is InChI=1S/C17H14BrClN2O3/c1-10(23-15-8-5-12(19)9-14(15)18)16-20-21-17(24-16)11-3-6-13(22-2)7-4-11/h3-10H,1-2H3/t10-/m0/s1. The predicted octanol–water partition coefficient (Wildman–Crippen LogP) is 5.30. The molecule has 0 radical (unpaired) electrons. The van der Waals surface area contributed by atoms with Crippen LogP contribution in [0.1, 0.15) is 18.9 Å². The van der Waals surface area contributed by atoms with Crippen LogP contribution in [0.4, 0.5) is 0 Å². The van der Waals surface area contributed by atoms with Crippen LogP contribution in [0.2, 0.25) is 5.02 Å². The molecule has 0 aliphatic carbocycles. The van der Waals surface area contributed by atoms with Gasteiger partial charge in [0, 0.05) is 10.6 Å². The van der Waals surface area contributed by atoms with Gasteiger partial charge < -0.3 is 13.9 Å². The summed E-state index contributed by atoms with van der Waals surface area (Å²) >= 11 is 9.34. The van der Waals surface area contributed by atoms with E-state index in [0.717, 1.165) is 15.8 Å². The number of methoxy groups -OCH3 is 1. The van der Waals surface area contributed by atoms with Crippen LogP contribution in [-0.4, -0.2) is 17.3 Å². The van der Waals surface area contributed by atoms with Gasteiger partial charge in [0.25, 0.3) is 5.89 Å². The zero-order chi connectivity index (χ0) is 17.1. The van der Waals surface area contributed by atoms with Crippen LogP contribution in [0.5, 0.6) is 11.5 Å². The van der Waals surface area contributed by atoms with Crippen LogP contribution >= 0.6 is 27.5 Å². The monoisotopic (exact) mass is 408 g/mol. The first-order valence-corrected chi connectivity index (χ1v) is 8.33. The van der Waals surface area contributed by atoms with Crippen molar-refractivity contribution in [2.45, 2.75) is 13.0 Å². The lowest BCUT2D eigenvalue weighted by Crippen LogP contribution is -2.03. The molecule has 1 heterocycles. The molecule has 1 aromatic heterocycles. The molecule has 24 heavy (non-hydrogen) atoms. The molecule has 0 aliphatic heterocycles. The van der Waals surface area contributed by atoms with Crippen LogP contribution in [0.3, 0.4) is 0 Å². The van der Waals surface area contributed by atoms with Gasteiger partial charge in [-0.05, 0) is 65.3 Å². The molecular weight excluding hydrogens is 396 g/mol. The smallest absolute Gasteiger partial charge is 0.257 e. The largest absolute Gasteiger partial charge is 0.497 e. The van der Waals surface area contributed by atoms with E-state index in [1.807, 2.05) is 31.2 Å². The van der Waals surface area contributed by atoms with Crippen LogP contribution < -0.4 is 9.47 Å². The third kappa shape index (κ3) is 3.71. The van der Waals surface area contributed by atoms with E-state index in [1.54, 1.807) is 25.3 Å². The highest BCUT2D eigenvalue weighted by molar-refractivity contribution is 9.10. The summed E-state index contributed by atoms with van der Waals surface area (Å²) in [4.78, 5) is 0. The van der Waals surface area contributed by atoms with E-state index in [-0.39, 0.29) is 0 Å². The van der Waals surface area contributed by atoms with E-state index in [9.17, 15) is 0 Å². The fourth-order valence-corrected chi connectivity index (χ4v) is 2.84. The Hall–Kier alpha value is -2.05. The first-order chi connectivity index (χ1) is 11.6. The van der Waals surface area contributed by atoms with Gasteiger partial charge in [0.1, 0.15) is 11.5 Å². The molecule has 0 aliphatic rings. The molecule has 5 nitrogen and oxygen atoms in total. The second kappa shape index (κ2) is 7.23. The third-order valence-corrected chi connectivity index (χ3v) is 4.18. The van der Waals surface area contributed by atoms with Crippen LogP contribution in [0.25, 0.3) is 11.5 Å². The maximum absolute atomic E-state index is 5.93. The Morgan fingerprint density at radius 3 is 2.54 bits per heavy atom. The summed E-state index contributed by atoms with van der Waals surface area (Å²) in [5, 5.41) is 8.76. The van der Waals surface area contributed by atoms with E-state index >= 15 is 0 Å². The summed E-state index contributed by atoms with van der Waals surface area (Å²) in [6, 6.07) is 12.7. The van der Waals surface area contributed by atoms with Crippen LogP contribution in [-0.2, 0) is 0 Å². The molecule has 0 spiro atoms. The fourth-order valence-electron chi connectivity index (χ4n) is 2.06. The Morgan fingerprint density at radius 1 is 1.12 bits per heavy atom. The zero-order valence-electron chi connectivity index (χ0n) is 13.0. The molecule has 0 saturated carbocycles. The second-order valence-electron chi connectivity index (χ2n) is 5.01. The number of hydrogen-bond donors (Lipinski definition) is 0. The Morgan fingerprint density at radius 2 is 1.88 bits per heavy atom. The number of rotatable bonds is 5. The fraction of sp³-hybridized carbons (Fsp3) is 0.176. The molecule has 0 saturated heterocycles. The highest BCUT2D eigenvalue weighted by atomic mass is 79.9. The zero-order valence-corrected chi connectivity index (χ0v) is 15.3. The number of ether oxygens (including phenoxy) is 2. The summed E-state index contributed by atoms with van der Waals surface area (Å²) in [5.74, 6) is 2.24. The molecule has 0 unspecified atom stereocenters. The summed E-state index contributed by atoms with van der Waals surface area (Å²) in [7, 11) is 1.62. The Kier molecular flexibility index (Phi) is 5.06. The average molecular weight is 410 g/mol. The number of halogens is 2. The Labute approximate surface area is 152 Å². The van der Waals surface area contributed by atoms with Crippen LogP contribution in [0.15, 0.2) is 51.4 Å². The molecule has 124 valence electrons. The van der Waals surface area contributed by atoms with Gasteiger partial charge in [-0.15, -0.1) is 10.2 Å². The van der Waals surface area contributed by atoms with Gasteiger partial charge in [-0.1, -0.05) is 11.6 Å². The van der Waals surface area contributed by atoms with Crippen molar-refractivity contribution in [3.05, 3.63) is 57.9 Å². The summed E-state index contributed by atoms with van der Waals surface area (Å²) in [6.45, 7) is 1.84.